The van der Waals surface area contributed by atoms with Gasteiger partial charge in [-0.25, -0.2) is 0 Å². The van der Waals surface area contributed by atoms with E-state index < -0.39 is 0 Å². The first kappa shape index (κ1) is 20.7. The first-order valence-electron chi connectivity index (χ1n) is 9.84. The van der Waals surface area contributed by atoms with Crippen LogP contribution in [0.15, 0.2) is 6.07 Å². The maximum Gasteiger partial charge on any atom is 0.109 e. The van der Waals surface area contributed by atoms with E-state index >= 15 is 0 Å². The van der Waals surface area contributed by atoms with Crippen LogP contribution in [0.3, 0.4) is 0 Å². The molecule has 2 saturated carbocycles. The summed E-state index contributed by atoms with van der Waals surface area (Å²) in [5.41, 5.74) is 2.28. The molecule has 0 saturated heterocycles. The van der Waals surface area contributed by atoms with Crippen molar-refractivity contribution in [2.75, 3.05) is 35.5 Å². The Morgan fingerprint density at radius 3 is 1.89 bits per heavy atom. The molecule has 1 N–H and O–H groups in total. The van der Waals surface area contributed by atoms with Gasteiger partial charge in [-0.2, -0.15) is 5.10 Å². The summed E-state index contributed by atoms with van der Waals surface area (Å²) in [4.78, 5) is 0. The van der Waals surface area contributed by atoms with Crippen LogP contribution in [0.4, 0.5) is 0 Å². The number of ether oxygens (including phenoxy) is 5. The Kier molecular flexibility index (Phi) is 7.28. The highest BCUT2D eigenvalue weighted by molar-refractivity contribution is 5.19. The highest BCUT2D eigenvalue weighted by atomic mass is 16.6. The largest absolute Gasteiger partial charge is 0.379 e. The maximum absolute atomic E-state index is 5.68. The van der Waals surface area contributed by atoms with E-state index in [-0.39, 0.29) is 30.5 Å². The predicted octanol–water partition coefficient (Wildman–Crippen LogP) is 2.63. The van der Waals surface area contributed by atoms with Gasteiger partial charge in [0.25, 0.3) is 0 Å². The molecule has 2 aliphatic carbocycles. The minimum Gasteiger partial charge on any atom is -0.379 e. The van der Waals surface area contributed by atoms with E-state index in [9.17, 15) is 0 Å². The summed E-state index contributed by atoms with van der Waals surface area (Å²) >= 11 is 0. The molecule has 0 radical (unpaired) electrons. The molecule has 0 amide bonds. The molecule has 1 aromatic rings. The molecule has 2 fully saturated rings. The number of H-pyrrole nitrogens is 1. The van der Waals surface area contributed by atoms with Crippen LogP contribution >= 0.6 is 0 Å². The quantitative estimate of drug-likeness (QED) is 0.781. The average Bonchev–Trinajstić information content (AvgIpc) is 3.22. The van der Waals surface area contributed by atoms with Gasteiger partial charge in [0, 0.05) is 53.1 Å². The first-order chi connectivity index (χ1) is 13.1. The third kappa shape index (κ3) is 4.38. The summed E-state index contributed by atoms with van der Waals surface area (Å²) in [5, 5.41) is 7.93. The third-order valence-corrected chi connectivity index (χ3v) is 6.46. The highest BCUT2D eigenvalue weighted by Crippen LogP contribution is 2.39. The van der Waals surface area contributed by atoms with Crippen molar-refractivity contribution in [2.45, 2.75) is 74.5 Å². The summed E-state index contributed by atoms with van der Waals surface area (Å²) in [7, 11) is 8.72. The Bertz CT molecular complexity index is 566. The van der Waals surface area contributed by atoms with Gasteiger partial charge in [0.2, 0.25) is 0 Å². The van der Waals surface area contributed by atoms with Gasteiger partial charge in [-0.1, -0.05) is 0 Å². The van der Waals surface area contributed by atoms with E-state index in [1.165, 1.54) is 5.69 Å². The third-order valence-electron chi connectivity index (χ3n) is 6.46. The van der Waals surface area contributed by atoms with E-state index in [1.54, 1.807) is 35.5 Å². The minimum absolute atomic E-state index is 0.00821. The molecule has 27 heavy (non-hydrogen) atoms. The molecule has 1 heterocycles. The van der Waals surface area contributed by atoms with Crippen LogP contribution in [0.25, 0.3) is 0 Å². The lowest BCUT2D eigenvalue weighted by atomic mass is 9.80. The summed E-state index contributed by atoms with van der Waals surface area (Å²) in [6, 6.07) is 2.22. The van der Waals surface area contributed by atoms with E-state index in [4.69, 9.17) is 23.7 Å². The van der Waals surface area contributed by atoms with Crippen LogP contribution in [0, 0.1) is 0 Å². The number of aromatic amines is 1. The summed E-state index contributed by atoms with van der Waals surface area (Å²) < 4.78 is 28.2. The zero-order valence-electron chi connectivity index (χ0n) is 17.1. The van der Waals surface area contributed by atoms with E-state index in [0.29, 0.717) is 11.8 Å². The van der Waals surface area contributed by atoms with Crippen molar-refractivity contribution in [1.29, 1.82) is 0 Å². The van der Waals surface area contributed by atoms with E-state index in [1.807, 2.05) is 0 Å². The molecule has 2 aliphatic rings. The Balaban J connectivity index is 1.70. The molecule has 0 aliphatic heterocycles. The SMILES string of the molecule is COC1CCC(c2cc(C3CC(OC)C(OC)C(OC)C3)n[nH]2)CC1OC. The summed E-state index contributed by atoms with van der Waals surface area (Å²) in [5.74, 6) is 0.721. The molecule has 7 nitrogen and oxygen atoms in total. The zero-order chi connectivity index (χ0) is 19.4. The molecular formula is C20H34N2O5. The average molecular weight is 383 g/mol. The standard InChI is InChI=1S/C20H34N2O5/c1-23-16-7-6-12(8-17(16)24-2)14-11-15(22-21-14)13-9-18(25-3)20(27-5)19(10-13)26-4/h11-13,16-20H,6-10H2,1-5H3,(H,21,22). The Labute approximate surface area is 162 Å². The number of methoxy groups -OCH3 is 5. The number of aromatic nitrogens is 2. The second-order valence-corrected chi connectivity index (χ2v) is 7.72. The predicted molar refractivity (Wildman–Crippen MR) is 101 cm³/mol. The molecule has 0 aromatic carbocycles. The van der Waals surface area contributed by atoms with Crippen LogP contribution < -0.4 is 0 Å². The molecule has 5 atom stereocenters. The number of nitrogens with one attached hydrogen (secondary N) is 1. The van der Waals surface area contributed by atoms with Gasteiger partial charge in [0.15, 0.2) is 0 Å². The lowest BCUT2D eigenvalue weighted by Crippen LogP contribution is -2.46. The number of nitrogens with zero attached hydrogens (tertiary/aromatic N) is 1. The number of hydrogen-bond acceptors (Lipinski definition) is 6. The Hall–Kier alpha value is -0.990. The monoisotopic (exact) mass is 382 g/mol. The minimum atomic E-state index is -0.0403. The topological polar surface area (TPSA) is 74.8 Å². The molecule has 1 aromatic heterocycles. The fourth-order valence-electron chi connectivity index (χ4n) is 4.84. The molecule has 154 valence electrons. The molecule has 5 unspecified atom stereocenters. The van der Waals surface area contributed by atoms with Gasteiger partial charge in [-0.15, -0.1) is 0 Å². The van der Waals surface area contributed by atoms with Crippen molar-refractivity contribution in [3.05, 3.63) is 17.5 Å². The second-order valence-electron chi connectivity index (χ2n) is 7.72. The zero-order valence-corrected chi connectivity index (χ0v) is 17.1. The van der Waals surface area contributed by atoms with Crippen molar-refractivity contribution in [2.24, 2.45) is 0 Å². The van der Waals surface area contributed by atoms with Crippen LogP contribution in [-0.4, -0.2) is 76.3 Å². The van der Waals surface area contributed by atoms with Crippen LogP contribution in [0.5, 0.6) is 0 Å². The molecule has 0 bridgehead atoms. The van der Waals surface area contributed by atoms with Crippen LogP contribution in [-0.2, 0) is 23.7 Å². The summed E-state index contributed by atoms with van der Waals surface area (Å²) in [6.45, 7) is 0. The lowest BCUT2D eigenvalue weighted by Gasteiger charge is -2.39. The van der Waals surface area contributed by atoms with Gasteiger partial charge < -0.3 is 23.7 Å². The highest BCUT2D eigenvalue weighted by Gasteiger charge is 2.40. The van der Waals surface area contributed by atoms with Crippen molar-refractivity contribution in [1.82, 2.24) is 10.2 Å². The van der Waals surface area contributed by atoms with Crippen molar-refractivity contribution >= 4 is 0 Å². The fraction of sp³-hybridized carbons (Fsp3) is 0.850. The first-order valence-corrected chi connectivity index (χ1v) is 9.84. The van der Waals surface area contributed by atoms with Gasteiger partial charge >= 0.3 is 0 Å². The Morgan fingerprint density at radius 2 is 1.33 bits per heavy atom. The van der Waals surface area contributed by atoms with E-state index in [2.05, 4.69) is 16.3 Å². The van der Waals surface area contributed by atoms with Crippen molar-refractivity contribution in [3.63, 3.8) is 0 Å². The summed E-state index contributed by atoms with van der Waals surface area (Å²) in [6.07, 6.45) is 5.10. The smallest absolute Gasteiger partial charge is 0.109 e. The van der Waals surface area contributed by atoms with Crippen LogP contribution in [0.2, 0.25) is 0 Å². The lowest BCUT2D eigenvalue weighted by molar-refractivity contribution is -0.133. The van der Waals surface area contributed by atoms with Gasteiger partial charge in [0.1, 0.15) is 6.10 Å². The molecule has 0 spiro atoms. The second kappa shape index (κ2) is 9.47. The van der Waals surface area contributed by atoms with Crippen molar-refractivity contribution < 1.29 is 23.7 Å². The van der Waals surface area contributed by atoms with Crippen LogP contribution in [0.1, 0.15) is 55.3 Å². The van der Waals surface area contributed by atoms with Gasteiger partial charge in [-0.3, -0.25) is 5.10 Å². The molecular weight excluding hydrogens is 348 g/mol. The number of hydrogen-bond donors (Lipinski definition) is 1. The molecule has 7 heteroatoms. The normalized spacial score (nSPS) is 37.4. The Morgan fingerprint density at radius 1 is 0.741 bits per heavy atom. The van der Waals surface area contributed by atoms with E-state index in [0.717, 1.165) is 37.8 Å². The van der Waals surface area contributed by atoms with Gasteiger partial charge in [-0.05, 0) is 38.2 Å². The van der Waals surface area contributed by atoms with Gasteiger partial charge in [0.05, 0.1) is 30.1 Å². The van der Waals surface area contributed by atoms with Crippen molar-refractivity contribution in [3.8, 4) is 0 Å². The molecule has 3 rings (SSSR count). The fourth-order valence-corrected chi connectivity index (χ4v) is 4.84. The maximum atomic E-state index is 5.68. The number of rotatable bonds is 7.